The molecule has 2 aliphatic heterocycles. The summed E-state index contributed by atoms with van der Waals surface area (Å²) in [5.41, 5.74) is 2.08. The zero-order valence-corrected chi connectivity index (χ0v) is 22.4. The summed E-state index contributed by atoms with van der Waals surface area (Å²) in [6, 6.07) is -0.953. The average Bonchev–Trinajstić information content (AvgIpc) is 3.55. The number of oxime groups is 1. The molecule has 0 aromatic carbocycles. The van der Waals surface area contributed by atoms with Gasteiger partial charge < -0.3 is 20.6 Å². The first-order chi connectivity index (χ1) is 17.4. The van der Waals surface area contributed by atoms with Crippen molar-refractivity contribution in [2.45, 2.75) is 15.8 Å². The molecule has 190 valence electrons. The highest BCUT2D eigenvalue weighted by Crippen LogP contribution is 2.41. The molecular weight excluding hydrogens is 571 g/mol. The van der Waals surface area contributed by atoms with E-state index in [-0.39, 0.29) is 28.2 Å². The van der Waals surface area contributed by atoms with Crippen LogP contribution in [0.1, 0.15) is 5.69 Å². The van der Waals surface area contributed by atoms with Crippen LogP contribution in [0.4, 0.5) is 5.13 Å². The summed E-state index contributed by atoms with van der Waals surface area (Å²) in [6.45, 7) is 0. The van der Waals surface area contributed by atoms with E-state index in [0.717, 1.165) is 11.3 Å². The molecule has 2 aromatic heterocycles. The molecule has 0 bridgehead atoms. The monoisotopic (exact) mass is 587 g/mol. The Kier molecular flexibility index (Phi) is 8.83. The Morgan fingerprint density at radius 2 is 2.25 bits per heavy atom. The lowest BCUT2D eigenvalue weighted by Crippen LogP contribution is -2.71. The van der Waals surface area contributed by atoms with Gasteiger partial charge in [-0.2, -0.15) is 0 Å². The van der Waals surface area contributed by atoms with Gasteiger partial charge in [0, 0.05) is 16.9 Å². The predicted molar refractivity (Wildman–Crippen MR) is 138 cm³/mol. The lowest BCUT2D eigenvalue weighted by atomic mass is 10.0. The molecule has 1 unspecified atom stereocenters. The summed E-state index contributed by atoms with van der Waals surface area (Å²) >= 11 is 6.49. The van der Waals surface area contributed by atoms with Gasteiger partial charge in [-0.25, -0.2) is 9.78 Å². The van der Waals surface area contributed by atoms with Crippen molar-refractivity contribution in [2.24, 2.45) is 5.16 Å². The number of amides is 3. The zero-order chi connectivity index (χ0) is 25.7. The number of carbonyl (C=O) groups is 4. The van der Waals surface area contributed by atoms with Crippen molar-refractivity contribution < 1.29 is 29.1 Å². The molecular formula is C18H17N7O6S5. The summed E-state index contributed by atoms with van der Waals surface area (Å²) in [6.07, 6.45) is 2.25. The van der Waals surface area contributed by atoms with Crippen molar-refractivity contribution in [2.75, 3.05) is 29.0 Å². The highest BCUT2D eigenvalue weighted by Gasteiger charge is 2.54. The Morgan fingerprint density at radius 3 is 2.94 bits per heavy atom. The molecule has 3 amide bonds. The van der Waals surface area contributed by atoms with Crippen LogP contribution in [-0.4, -0.2) is 90.2 Å². The second-order valence-electron chi connectivity index (χ2n) is 6.89. The average molecular weight is 588 g/mol. The molecule has 36 heavy (non-hydrogen) atoms. The fourth-order valence-electron chi connectivity index (χ4n) is 3.23. The van der Waals surface area contributed by atoms with E-state index in [4.69, 9.17) is 4.84 Å². The van der Waals surface area contributed by atoms with E-state index in [1.807, 2.05) is 0 Å². The second kappa shape index (κ2) is 12.0. The molecule has 4 rings (SSSR count). The first-order valence-electron chi connectivity index (χ1n) is 9.89. The largest absolute Gasteiger partial charge is 0.477 e. The number of hydrogen-bond donors (Lipinski definition) is 3. The molecule has 4 heterocycles. The number of nitrogens with zero attached hydrogens (tertiary/aromatic N) is 5. The standard InChI is InChI=1S/C18H17N7O6S5/c1-32-7-31-24-10(9-4-34-17(21-9)19-5-26)13(27)22-11-14(28)25-12(16(29)30)8(2-33-15(11)25)3-35-18-23-20-6-36-18/h4-6,11,15H,2-3,7H2,1H3,(H,22,27)(H,29,30)(H,19,21,26)/t11?,15-/m0/s1. The third kappa shape index (κ3) is 5.66. The lowest BCUT2D eigenvalue weighted by molar-refractivity contribution is -0.150. The Labute approximate surface area is 224 Å². The summed E-state index contributed by atoms with van der Waals surface area (Å²) in [5.74, 6) is -1.56. The molecule has 0 aliphatic carbocycles. The van der Waals surface area contributed by atoms with Crippen LogP contribution in [0, 0.1) is 0 Å². The van der Waals surface area contributed by atoms with Gasteiger partial charge in [-0.05, 0) is 11.8 Å². The molecule has 3 N–H and O–H groups in total. The SMILES string of the molecule is CSCON=C(C(=O)NC1C(=O)N2C(C(=O)O)=C(CSc3nncs3)CS[C@@H]12)c1csc(NC=O)n1. The molecule has 2 aliphatic rings. The molecule has 18 heteroatoms. The molecule has 13 nitrogen and oxygen atoms in total. The van der Waals surface area contributed by atoms with E-state index in [1.54, 1.807) is 11.8 Å². The van der Waals surface area contributed by atoms with Crippen molar-refractivity contribution in [3.8, 4) is 0 Å². The number of aliphatic carboxylic acids is 1. The number of thioether (sulfide) groups is 3. The first kappa shape index (κ1) is 26.4. The number of thiazole rings is 1. The smallest absolute Gasteiger partial charge is 0.352 e. The maximum atomic E-state index is 13.1. The van der Waals surface area contributed by atoms with E-state index in [9.17, 15) is 24.3 Å². The number of rotatable bonds is 12. The molecule has 0 saturated carbocycles. The van der Waals surface area contributed by atoms with Gasteiger partial charge in [0.05, 0.1) is 0 Å². The summed E-state index contributed by atoms with van der Waals surface area (Å²) in [7, 11) is 0. The van der Waals surface area contributed by atoms with Gasteiger partial charge in [-0.1, -0.05) is 28.3 Å². The highest BCUT2D eigenvalue weighted by atomic mass is 32.2. The summed E-state index contributed by atoms with van der Waals surface area (Å²) in [5, 5.41) is 27.6. The van der Waals surface area contributed by atoms with Gasteiger partial charge in [-0.3, -0.25) is 19.3 Å². The van der Waals surface area contributed by atoms with Gasteiger partial charge in [-0.15, -0.1) is 45.1 Å². The van der Waals surface area contributed by atoms with Gasteiger partial charge in [0.15, 0.2) is 21.1 Å². The van der Waals surface area contributed by atoms with Crippen LogP contribution in [0.3, 0.4) is 0 Å². The summed E-state index contributed by atoms with van der Waals surface area (Å²) in [4.78, 5) is 59.2. The van der Waals surface area contributed by atoms with E-state index in [1.165, 1.54) is 56.9 Å². The predicted octanol–water partition coefficient (Wildman–Crippen LogP) is 1.14. The van der Waals surface area contributed by atoms with Crippen LogP contribution >= 0.6 is 58.0 Å². The minimum atomic E-state index is -1.21. The van der Waals surface area contributed by atoms with Crippen LogP contribution < -0.4 is 10.6 Å². The zero-order valence-electron chi connectivity index (χ0n) is 18.3. The summed E-state index contributed by atoms with van der Waals surface area (Å²) < 4.78 is 0.698. The number of anilines is 1. The Bertz CT molecular complexity index is 1220. The van der Waals surface area contributed by atoms with E-state index >= 15 is 0 Å². The van der Waals surface area contributed by atoms with Crippen LogP contribution in [0.5, 0.6) is 0 Å². The fraction of sp³-hybridized carbons (Fsp3) is 0.333. The van der Waals surface area contributed by atoms with E-state index < -0.39 is 29.2 Å². The number of hydrogen-bond acceptors (Lipinski definition) is 14. The van der Waals surface area contributed by atoms with Gasteiger partial charge in [0.2, 0.25) is 6.41 Å². The number of nitrogens with one attached hydrogen (secondary N) is 2. The van der Waals surface area contributed by atoms with E-state index in [0.29, 0.717) is 27.8 Å². The Morgan fingerprint density at radius 1 is 1.42 bits per heavy atom. The van der Waals surface area contributed by atoms with Gasteiger partial charge >= 0.3 is 5.97 Å². The van der Waals surface area contributed by atoms with Gasteiger partial charge in [0.1, 0.15) is 28.3 Å². The molecule has 0 radical (unpaired) electrons. The van der Waals surface area contributed by atoms with Crippen molar-refractivity contribution in [1.82, 2.24) is 25.4 Å². The molecule has 0 spiro atoms. The lowest BCUT2D eigenvalue weighted by Gasteiger charge is -2.49. The van der Waals surface area contributed by atoms with Crippen LogP contribution in [0.15, 0.2) is 31.7 Å². The number of aromatic nitrogens is 3. The van der Waals surface area contributed by atoms with Crippen molar-refractivity contribution >= 4 is 93.0 Å². The maximum Gasteiger partial charge on any atom is 0.352 e. The number of fused-ring (bicyclic) bond motifs is 1. The Hall–Kier alpha value is -2.67. The number of carboxylic acid groups (broad SMARTS) is 1. The third-order valence-electron chi connectivity index (χ3n) is 4.72. The van der Waals surface area contributed by atoms with Crippen molar-refractivity contribution in [3.05, 3.63) is 27.9 Å². The van der Waals surface area contributed by atoms with Crippen molar-refractivity contribution in [3.63, 3.8) is 0 Å². The van der Waals surface area contributed by atoms with Crippen molar-refractivity contribution in [1.29, 1.82) is 0 Å². The highest BCUT2D eigenvalue weighted by molar-refractivity contribution is 8.01. The molecule has 2 aromatic rings. The minimum Gasteiger partial charge on any atom is -0.477 e. The first-order valence-corrected chi connectivity index (χ1v) is 15.1. The number of β-lactam (4-membered cyclic amide) rings is 1. The quantitative estimate of drug-likeness (QED) is 0.0615. The topological polar surface area (TPSA) is 176 Å². The van der Waals surface area contributed by atoms with Crippen LogP contribution in [0.2, 0.25) is 0 Å². The minimum absolute atomic E-state index is 0.0764. The third-order valence-corrected chi connectivity index (χ3v) is 9.12. The Balaban J connectivity index is 1.49. The molecule has 1 fully saturated rings. The number of carbonyl (C=O) groups excluding carboxylic acids is 3. The maximum absolute atomic E-state index is 13.1. The fourth-order valence-corrected chi connectivity index (χ4v) is 7.01. The van der Waals surface area contributed by atoms with Crippen LogP contribution in [-0.2, 0) is 24.0 Å². The molecule has 2 atom stereocenters. The van der Waals surface area contributed by atoms with E-state index in [2.05, 4.69) is 31.0 Å². The van der Waals surface area contributed by atoms with Crippen LogP contribution in [0.25, 0.3) is 0 Å². The normalized spacial score (nSPS) is 19.4. The molecule has 1 saturated heterocycles. The second-order valence-corrected chi connectivity index (χ2v) is 11.7. The van der Waals surface area contributed by atoms with Gasteiger partial charge in [0.25, 0.3) is 11.8 Å². The number of carboxylic acids is 1.